The van der Waals surface area contributed by atoms with Gasteiger partial charge in [-0.2, -0.15) is 0 Å². The fourth-order valence-corrected chi connectivity index (χ4v) is 3.02. The summed E-state index contributed by atoms with van der Waals surface area (Å²) in [6.07, 6.45) is 3.75. The summed E-state index contributed by atoms with van der Waals surface area (Å²) in [5.41, 5.74) is 7.37. The lowest BCUT2D eigenvalue weighted by molar-refractivity contribution is 0.123. The molecule has 0 amide bonds. The van der Waals surface area contributed by atoms with E-state index in [4.69, 9.17) is 15.2 Å². The fraction of sp³-hybridized carbons (Fsp3) is 0.625. The molecule has 2 atom stereocenters. The Morgan fingerprint density at radius 3 is 2.57 bits per heavy atom. The second-order valence-corrected chi connectivity index (χ2v) is 5.58. The van der Waals surface area contributed by atoms with Crippen LogP contribution in [0.5, 0.6) is 11.5 Å². The van der Waals surface area contributed by atoms with Crippen LogP contribution in [0.1, 0.15) is 31.7 Å². The molecule has 2 unspecified atom stereocenters. The average Bonchev–Trinajstić information content (AvgIpc) is 2.47. The Balaban J connectivity index is 0.00000220. The molecular formula is C16H27ClN2O2. The molecule has 0 saturated carbocycles. The number of methoxy groups -OCH3 is 2. The molecule has 0 radical (unpaired) electrons. The van der Waals surface area contributed by atoms with E-state index in [0.29, 0.717) is 6.04 Å². The van der Waals surface area contributed by atoms with Gasteiger partial charge < -0.3 is 15.2 Å². The summed E-state index contributed by atoms with van der Waals surface area (Å²) in [5, 5.41) is 0. The van der Waals surface area contributed by atoms with Crippen molar-refractivity contribution in [3.8, 4) is 11.5 Å². The summed E-state index contributed by atoms with van der Waals surface area (Å²) in [4.78, 5) is 2.50. The van der Waals surface area contributed by atoms with Gasteiger partial charge in [-0.1, -0.05) is 12.5 Å². The molecule has 2 rings (SSSR count). The topological polar surface area (TPSA) is 47.7 Å². The largest absolute Gasteiger partial charge is 0.493 e. The number of rotatable bonds is 5. The number of nitrogens with zero attached hydrogens (tertiary/aromatic N) is 1. The van der Waals surface area contributed by atoms with Gasteiger partial charge in [-0.3, -0.25) is 4.90 Å². The van der Waals surface area contributed by atoms with Crippen LogP contribution in [0.4, 0.5) is 0 Å². The molecule has 1 aromatic rings. The SMILES string of the molecule is COc1ccc(CN2CCCCC2C(C)N)cc1OC.Cl. The van der Waals surface area contributed by atoms with Gasteiger partial charge in [0.1, 0.15) is 0 Å². The monoisotopic (exact) mass is 314 g/mol. The molecule has 1 aliphatic heterocycles. The first-order valence-corrected chi connectivity index (χ1v) is 7.36. The van der Waals surface area contributed by atoms with Crippen LogP contribution in [-0.4, -0.2) is 37.7 Å². The molecular weight excluding hydrogens is 288 g/mol. The minimum absolute atomic E-state index is 0. The van der Waals surface area contributed by atoms with Crippen molar-refractivity contribution in [3.05, 3.63) is 23.8 Å². The van der Waals surface area contributed by atoms with E-state index < -0.39 is 0 Å². The summed E-state index contributed by atoms with van der Waals surface area (Å²) in [6, 6.07) is 6.84. The second kappa shape index (κ2) is 8.47. The second-order valence-electron chi connectivity index (χ2n) is 5.58. The van der Waals surface area contributed by atoms with Crippen molar-refractivity contribution in [1.82, 2.24) is 4.90 Å². The molecule has 0 spiro atoms. The molecule has 4 nitrogen and oxygen atoms in total. The van der Waals surface area contributed by atoms with Gasteiger partial charge in [0.2, 0.25) is 0 Å². The van der Waals surface area contributed by atoms with Crippen LogP contribution in [-0.2, 0) is 6.54 Å². The van der Waals surface area contributed by atoms with E-state index in [2.05, 4.69) is 24.0 Å². The van der Waals surface area contributed by atoms with Gasteiger partial charge in [0.05, 0.1) is 14.2 Å². The van der Waals surface area contributed by atoms with Crippen molar-refractivity contribution >= 4 is 12.4 Å². The van der Waals surface area contributed by atoms with Crippen LogP contribution < -0.4 is 15.2 Å². The van der Waals surface area contributed by atoms with Crippen molar-refractivity contribution in [2.75, 3.05) is 20.8 Å². The first-order chi connectivity index (χ1) is 9.65. The molecule has 1 aromatic carbocycles. The summed E-state index contributed by atoms with van der Waals surface area (Å²) < 4.78 is 10.7. The molecule has 0 aromatic heterocycles. The van der Waals surface area contributed by atoms with E-state index >= 15 is 0 Å². The molecule has 1 fully saturated rings. The van der Waals surface area contributed by atoms with Gasteiger partial charge in [-0.05, 0) is 44.0 Å². The molecule has 0 bridgehead atoms. The molecule has 0 aliphatic carbocycles. The summed E-state index contributed by atoms with van der Waals surface area (Å²) in [6.45, 7) is 4.16. The van der Waals surface area contributed by atoms with Crippen molar-refractivity contribution in [2.24, 2.45) is 5.73 Å². The smallest absolute Gasteiger partial charge is 0.161 e. The predicted molar refractivity (Wildman–Crippen MR) is 88.5 cm³/mol. The maximum atomic E-state index is 6.13. The lowest BCUT2D eigenvalue weighted by atomic mass is 9.96. The minimum atomic E-state index is 0. The maximum Gasteiger partial charge on any atom is 0.161 e. The summed E-state index contributed by atoms with van der Waals surface area (Å²) in [5.74, 6) is 1.57. The van der Waals surface area contributed by atoms with E-state index in [-0.39, 0.29) is 18.4 Å². The number of piperidine rings is 1. The van der Waals surface area contributed by atoms with Gasteiger partial charge in [0.25, 0.3) is 0 Å². The van der Waals surface area contributed by atoms with Crippen molar-refractivity contribution in [3.63, 3.8) is 0 Å². The Hall–Kier alpha value is -0.970. The molecule has 5 heteroatoms. The van der Waals surface area contributed by atoms with Crippen LogP contribution in [0, 0.1) is 0 Å². The van der Waals surface area contributed by atoms with E-state index in [1.54, 1.807) is 14.2 Å². The van der Waals surface area contributed by atoms with Crippen molar-refractivity contribution < 1.29 is 9.47 Å². The maximum absolute atomic E-state index is 6.13. The lowest BCUT2D eigenvalue weighted by Crippen LogP contribution is -2.48. The lowest BCUT2D eigenvalue weighted by Gasteiger charge is -2.38. The first kappa shape index (κ1) is 18.1. The third-order valence-electron chi connectivity index (χ3n) is 4.10. The summed E-state index contributed by atoms with van der Waals surface area (Å²) >= 11 is 0. The molecule has 1 aliphatic rings. The third kappa shape index (κ3) is 4.50. The van der Waals surface area contributed by atoms with Crippen LogP contribution in [0.2, 0.25) is 0 Å². The Bertz CT molecular complexity index is 440. The number of benzene rings is 1. The normalized spacial score (nSPS) is 20.5. The summed E-state index contributed by atoms with van der Waals surface area (Å²) in [7, 11) is 3.33. The van der Waals surface area contributed by atoms with Crippen LogP contribution in [0.15, 0.2) is 18.2 Å². The average molecular weight is 315 g/mol. The van der Waals surface area contributed by atoms with E-state index in [1.807, 2.05) is 6.07 Å². The fourth-order valence-electron chi connectivity index (χ4n) is 3.02. The number of hydrogen-bond donors (Lipinski definition) is 1. The quantitative estimate of drug-likeness (QED) is 0.908. The van der Waals surface area contributed by atoms with Gasteiger partial charge in [-0.25, -0.2) is 0 Å². The predicted octanol–water partition coefficient (Wildman–Crippen LogP) is 2.83. The molecule has 1 heterocycles. The number of nitrogens with two attached hydrogens (primary N) is 1. The Morgan fingerprint density at radius 1 is 1.24 bits per heavy atom. The number of hydrogen-bond acceptors (Lipinski definition) is 4. The minimum Gasteiger partial charge on any atom is -0.493 e. The standard InChI is InChI=1S/C16H26N2O2.ClH/c1-12(17)14-6-4-5-9-18(14)11-13-7-8-15(19-2)16(10-13)20-3;/h7-8,10,12,14H,4-6,9,11,17H2,1-3H3;1H. The first-order valence-electron chi connectivity index (χ1n) is 7.36. The molecule has 1 saturated heterocycles. The highest BCUT2D eigenvalue weighted by Crippen LogP contribution is 2.29. The molecule has 21 heavy (non-hydrogen) atoms. The van der Waals surface area contributed by atoms with Gasteiger partial charge >= 0.3 is 0 Å². The Labute approximate surface area is 134 Å². The third-order valence-corrected chi connectivity index (χ3v) is 4.10. The zero-order chi connectivity index (χ0) is 14.5. The van der Waals surface area contributed by atoms with Crippen molar-refractivity contribution in [1.29, 1.82) is 0 Å². The number of likely N-dealkylation sites (tertiary alicyclic amines) is 1. The Morgan fingerprint density at radius 2 is 1.95 bits per heavy atom. The molecule has 2 N–H and O–H groups in total. The highest BCUT2D eigenvalue weighted by Gasteiger charge is 2.25. The highest BCUT2D eigenvalue weighted by molar-refractivity contribution is 5.85. The Kier molecular flexibility index (Phi) is 7.29. The molecule has 120 valence electrons. The van der Waals surface area contributed by atoms with Gasteiger partial charge in [0.15, 0.2) is 11.5 Å². The van der Waals surface area contributed by atoms with Crippen molar-refractivity contribution in [2.45, 2.75) is 44.8 Å². The van der Waals surface area contributed by atoms with E-state index in [0.717, 1.165) is 24.6 Å². The van der Waals surface area contributed by atoms with E-state index in [9.17, 15) is 0 Å². The van der Waals surface area contributed by atoms with E-state index in [1.165, 1.54) is 24.8 Å². The van der Waals surface area contributed by atoms with Gasteiger partial charge in [0, 0.05) is 18.6 Å². The van der Waals surface area contributed by atoms with Crippen LogP contribution >= 0.6 is 12.4 Å². The number of halogens is 1. The zero-order valence-electron chi connectivity index (χ0n) is 13.2. The van der Waals surface area contributed by atoms with Crippen LogP contribution in [0.3, 0.4) is 0 Å². The highest BCUT2D eigenvalue weighted by atomic mass is 35.5. The zero-order valence-corrected chi connectivity index (χ0v) is 14.0. The number of ether oxygens (including phenoxy) is 2. The van der Waals surface area contributed by atoms with Crippen LogP contribution in [0.25, 0.3) is 0 Å². The van der Waals surface area contributed by atoms with Gasteiger partial charge in [-0.15, -0.1) is 12.4 Å².